The molecule has 0 saturated heterocycles. The van der Waals surface area contributed by atoms with Gasteiger partial charge in [-0.3, -0.25) is 0 Å². The first-order chi connectivity index (χ1) is 5.60. The van der Waals surface area contributed by atoms with Crippen LogP contribution in [-0.4, -0.2) is 28.4 Å². The lowest BCUT2D eigenvalue weighted by Gasteiger charge is -2.28. The Labute approximate surface area is 75.3 Å². The van der Waals surface area contributed by atoms with E-state index in [1.807, 2.05) is 0 Å². The molecule has 0 bridgehead atoms. The Morgan fingerprint density at radius 2 is 2.17 bits per heavy atom. The fourth-order valence-corrected chi connectivity index (χ4v) is 1.81. The van der Waals surface area contributed by atoms with Gasteiger partial charge < -0.3 is 10.0 Å². The molecule has 0 aromatic heterocycles. The molecule has 2 atom stereocenters. The molecule has 1 aliphatic carbocycles. The van der Waals surface area contributed by atoms with E-state index in [9.17, 15) is 4.39 Å². The molecule has 0 aliphatic heterocycles. The summed E-state index contributed by atoms with van der Waals surface area (Å²) >= 11 is 0.960. The molecule has 0 aromatic carbocycles. The maximum atomic E-state index is 13.7. The average Bonchev–Trinajstić information content (AvgIpc) is 2.05. The number of thioether (sulfide) groups is 1. The van der Waals surface area contributed by atoms with Gasteiger partial charge in [0, 0.05) is 0 Å². The Hall–Kier alpha value is -0.255. The molecular formula is C7H10BFO2S. The summed E-state index contributed by atoms with van der Waals surface area (Å²) in [6, 6.07) is 0. The Morgan fingerprint density at radius 1 is 1.50 bits per heavy atom. The summed E-state index contributed by atoms with van der Waals surface area (Å²) in [4.78, 5) is 0. The largest absolute Gasteiger partial charge is 0.463 e. The first kappa shape index (κ1) is 9.83. The number of hydrogen-bond donors (Lipinski definition) is 2. The van der Waals surface area contributed by atoms with Gasteiger partial charge in [-0.05, 0) is 12.3 Å². The minimum Gasteiger partial charge on any atom is -0.427 e. The summed E-state index contributed by atoms with van der Waals surface area (Å²) in [5, 5.41) is 16.0. The van der Waals surface area contributed by atoms with Crippen molar-refractivity contribution in [1.82, 2.24) is 0 Å². The van der Waals surface area contributed by atoms with Crippen LogP contribution in [0.2, 0.25) is 5.82 Å². The van der Waals surface area contributed by atoms with E-state index >= 15 is 0 Å². The first-order valence-corrected chi connectivity index (χ1v) is 4.79. The summed E-state index contributed by atoms with van der Waals surface area (Å²) in [7, 11) is -1.65. The van der Waals surface area contributed by atoms with Crippen molar-refractivity contribution in [2.24, 2.45) is 0 Å². The van der Waals surface area contributed by atoms with E-state index in [-0.39, 0.29) is 0 Å². The van der Waals surface area contributed by atoms with Crippen molar-refractivity contribution in [2.45, 2.75) is 10.8 Å². The van der Waals surface area contributed by atoms with E-state index in [2.05, 4.69) is 0 Å². The van der Waals surface area contributed by atoms with Gasteiger partial charge in [0.1, 0.15) is 0 Å². The number of hydrogen-bond acceptors (Lipinski definition) is 3. The van der Waals surface area contributed by atoms with Crippen molar-refractivity contribution in [3.05, 3.63) is 24.3 Å². The van der Waals surface area contributed by atoms with E-state index < -0.39 is 17.9 Å². The third-order valence-corrected chi connectivity index (χ3v) is 2.88. The predicted octanol–water partition coefficient (Wildman–Crippen LogP) is 0.984. The van der Waals surface area contributed by atoms with Gasteiger partial charge in [0.05, 0.1) is 5.82 Å². The highest BCUT2D eigenvalue weighted by Gasteiger charge is 2.42. The second-order valence-electron chi connectivity index (χ2n) is 2.59. The maximum absolute atomic E-state index is 13.7. The second kappa shape index (κ2) is 3.64. The summed E-state index contributed by atoms with van der Waals surface area (Å²) in [5.74, 6) is -0.877. The van der Waals surface area contributed by atoms with Gasteiger partial charge in [-0.15, -0.1) is 11.8 Å². The number of allylic oxidation sites excluding steroid dienone is 3. The van der Waals surface area contributed by atoms with E-state index in [1.165, 1.54) is 12.2 Å². The lowest BCUT2D eigenvalue weighted by atomic mass is 9.68. The molecule has 0 amide bonds. The Bertz CT molecular complexity index is 219. The van der Waals surface area contributed by atoms with Crippen LogP contribution in [0.15, 0.2) is 24.3 Å². The molecule has 0 saturated carbocycles. The van der Waals surface area contributed by atoms with Crippen molar-refractivity contribution in [1.29, 1.82) is 0 Å². The topological polar surface area (TPSA) is 40.5 Å². The van der Waals surface area contributed by atoms with Crippen LogP contribution in [0.4, 0.5) is 4.39 Å². The van der Waals surface area contributed by atoms with E-state index in [0.29, 0.717) is 0 Å². The third-order valence-electron chi connectivity index (χ3n) is 1.84. The van der Waals surface area contributed by atoms with Crippen LogP contribution in [0.25, 0.3) is 0 Å². The fraction of sp³-hybridized carbons (Fsp3) is 0.429. The first-order valence-electron chi connectivity index (χ1n) is 3.56. The average molecular weight is 188 g/mol. The normalized spacial score (nSPS) is 33.8. The molecule has 12 heavy (non-hydrogen) atoms. The van der Waals surface area contributed by atoms with Crippen LogP contribution >= 0.6 is 11.8 Å². The summed E-state index contributed by atoms with van der Waals surface area (Å²) in [5.41, 5.74) is 0. The summed E-state index contributed by atoms with van der Waals surface area (Å²) < 4.78 is 13.7. The molecule has 0 fully saturated rings. The zero-order chi connectivity index (χ0) is 9.19. The molecule has 0 radical (unpaired) electrons. The molecule has 0 heterocycles. The SMILES string of the molecule is CSC1(F)C=CC=CC1B(O)O. The van der Waals surface area contributed by atoms with Crippen molar-refractivity contribution >= 4 is 18.9 Å². The standard InChI is InChI=1S/C7H10BFO2S/c1-12-7(9)5-3-2-4-6(7)8(10)11/h2-6,10-11H,1H3. The van der Waals surface area contributed by atoms with Gasteiger partial charge in [0.15, 0.2) is 5.00 Å². The van der Waals surface area contributed by atoms with Crippen LogP contribution in [0.5, 0.6) is 0 Å². The zero-order valence-electron chi connectivity index (χ0n) is 6.64. The van der Waals surface area contributed by atoms with Crippen LogP contribution < -0.4 is 0 Å². The molecule has 0 spiro atoms. The Kier molecular flexibility index (Phi) is 2.98. The van der Waals surface area contributed by atoms with Gasteiger partial charge in [-0.1, -0.05) is 18.2 Å². The van der Waals surface area contributed by atoms with Crippen LogP contribution in [0.1, 0.15) is 0 Å². The predicted molar refractivity (Wildman–Crippen MR) is 49.6 cm³/mol. The Morgan fingerprint density at radius 3 is 2.58 bits per heavy atom. The zero-order valence-corrected chi connectivity index (χ0v) is 7.46. The van der Waals surface area contributed by atoms with Gasteiger partial charge in [0.25, 0.3) is 0 Å². The van der Waals surface area contributed by atoms with Crippen molar-refractivity contribution in [3.8, 4) is 0 Å². The van der Waals surface area contributed by atoms with Crippen molar-refractivity contribution in [2.75, 3.05) is 6.26 Å². The van der Waals surface area contributed by atoms with Crippen LogP contribution in [-0.2, 0) is 0 Å². The molecule has 0 aromatic rings. The number of alkyl halides is 1. The number of halogens is 1. The monoisotopic (exact) mass is 188 g/mol. The highest BCUT2D eigenvalue weighted by molar-refractivity contribution is 8.00. The summed E-state index contributed by atoms with van der Waals surface area (Å²) in [6.07, 6.45) is 7.56. The van der Waals surface area contributed by atoms with Gasteiger partial charge in [-0.25, -0.2) is 4.39 Å². The molecule has 2 N–H and O–H groups in total. The lowest BCUT2D eigenvalue weighted by Crippen LogP contribution is -2.34. The number of rotatable bonds is 2. The molecule has 66 valence electrons. The van der Waals surface area contributed by atoms with E-state index in [1.54, 1.807) is 18.4 Å². The maximum Gasteiger partial charge on any atom is 0.463 e. The van der Waals surface area contributed by atoms with Gasteiger partial charge in [0.2, 0.25) is 0 Å². The highest BCUT2D eigenvalue weighted by atomic mass is 32.2. The summed E-state index contributed by atoms with van der Waals surface area (Å²) in [6.45, 7) is 0. The molecular weight excluding hydrogens is 178 g/mol. The molecule has 1 rings (SSSR count). The third kappa shape index (κ3) is 1.73. The highest BCUT2D eigenvalue weighted by Crippen LogP contribution is 2.42. The minimum absolute atomic E-state index is 0.877. The van der Waals surface area contributed by atoms with Gasteiger partial charge in [-0.2, -0.15) is 0 Å². The van der Waals surface area contributed by atoms with Crippen LogP contribution in [0.3, 0.4) is 0 Å². The minimum atomic E-state index is -1.69. The van der Waals surface area contributed by atoms with E-state index in [4.69, 9.17) is 10.0 Å². The Balaban J connectivity index is 2.84. The van der Waals surface area contributed by atoms with Crippen molar-refractivity contribution in [3.63, 3.8) is 0 Å². The second-order valence-corrected chi connectivity index (χ2v) is 3.62. The van der Waals surface area contributed by atoms with Crippen LogP contribution in [0, 0.1) is 0 Å². The van der Waals surface area contributed by atoms with E-state index in [0.717, 1.165) is 11.8 Å². The quantitative estimate of drug-likeness (QED) is 0.634. The smallest absolute Gasteiger partial charge is 0.427 e. The molecule has 2 unspecified atom stereocenters. The molecule has 5 heteroatoms. The van der Waals surface area contributed by atoms with Gasteiger partial charge >= 0.3 is 7.12 Å². The van der Waals surface area contributed by atoms with Crippen molar-refractivity contribution < 1.29 is 14.4 Å². The lowest BCUT2D eigenvalue weighted by molar-refractivity contribution is 0.306. The fourth-order valence-electron chi connectivity index (χ4n) is 1.12. The molecule has 2 nitrogen and oxygen atoms in total. The molecule has 1 aliphatic rings.